The summed E-state index contributed by atoms with van der Waals surface area (Å²) < 4.78 is 0. The van der Waals surface area contributed by atoms with E-state index in [0.717, 1.165) is 31.2 Å². The predicted molar refractivity (Wildman–Crippen MR) is 86.5 cm³/mol. The van der Waals surface area contributed by atoms with Gasteiger partial charge >= 0.3 is 0 Å². The van der Waals surface area contributed by atoms with Crippen molar-refractivity contribution >= 4 is 5.57 Å². The third-order valence-electron chi connectivity index (χ3n) is 4.53. The van der Waals surface area contributed by atoms with E-state index in [1.54, 1.807) is 0 Å². The number of aliphatic hydroxyl groups is 1. The van der Waals surface area contributed by atoms with E-state index in [9.17, 15) is 5.11 Å². The molecule has 1 heteroatoms. The Bertz CT molecular complexity index is 519. The molecule has 0 fully saturated rings. The topological polar surface area (TPSA) is 20.2 Å². The van der Waals surface area contributed by atoms with Crippen molar-refractivity contribution in [2.75, 3.05) is 0 Å². The van der Waals surface area contributed by atoms with Crippen LogP contribution in [0.1, 0.15) is 71.4 Å². The van der Waals surface area contributed by atoms with E-state index >= 15 is 0 Å². The minimum Gasteiger partial charge on any atom is -0.380 e. The lowest BCUT2D eigenvalue weighted by atomic mass is 9.69. The van der Waals surface area contributed by atoms with Crippen molar-refractivity contribution in [2.45, 2.75) is 65.9 Å². The Morgan fingerprint density at radius 1 is 1.00 bits per heavy atom. The van der Waals surface area contributed by atoms with Crippen molar-refractivity contribution in [1.29, 1.82) is 0 Å². The van der Waals surface area contributed by atoms with Crippen LogP contribution in [-0.4, -0.2) is 5.11 Å². The largest absolute Gasteiger partial charge is 0.380 e. The lowest BCUT2D eigenvalue weighted by molar-refractivity contribution is -0.0293. The summed E-state index contributed by atoms with van der Waals surface area (Å²) in [5.41, 5.74) is 4.03. The second-order valence-electron chi connectivity index (χ2n) is 6.96. The molecule has 0 spiro atoms. The molecule has 0 bridgehead atoms. The summed E-state index contributed by atoms with van der Waals surface area (Å²) in [6.45, 7) is 10.9. The second-order valence-corrected chi connectivity index (χ2v) is 6.96. The fourth-order valence-electron chi connectivity index (χ4n) is 3.58. The summed E-state index contributed by atoms with van der Waals surface area (Å²) in [6, 6.07) is 8.43. The molecule has 1 N–H and O–H groups in total. The van der Waals surface area contributed by atoms with Gasteiger partial charge in [0.2, 0.25) is 0 Å². The fourth-order valence-corrected chi connectivity index (χ4v) is 3.58. The zero-order valence-electron chi connectivity index (χ0n) is 13.6. The molecule has 1 aliphatic rings. The van der Waals surface area contributed by atoms with Crippen molar-refractivity contribution in [3.05, 3.63) is 41.0 Å². The van der Waals surface area contributed by atoms with Crippen molar-refractivity contribution in [3.63, 3.8) is 0 Å². The minimum atomic E-state index is -0.815. The molecule has 1 unspecified atom stereocenters. The number of benzene rings is 1. The van der Waals surface area contributed by atoms with Gasteiger partial charge < -0.3 is 5.11 Å². The Labute approximate surface area is 123 Å². The van der Waals surface area contributed by atoms with Crippen LogP contribution in [-0.2, 0) is 5.60 Å². The van der Waals surface area contributed by atoms with Gasteiger partial charge in [0.15, 0.2) is 0 Å². The van der Waals surface area contributed by atoms with Crippen molar-refractivity contribution in [1.82, 2.24) is 0 Å². The SMILES string of the molecule is CCCC1=C(CCC)C(O)(C(C)(C)C)c2ccccc21. The number of hydrogen-bond acceptors (Lipinski definition) is 1. The first kappa shape index (κ1) is 15.3. The molecule has 0 saturated heterocycles. The zero-order valence-corrected chi connectivity index (χ0v) is 13.6. The molecular formula is C19H28O. The lowest BCUT2D eigenvalue weighted by Gasteiger charge is -2.41. The van der Waals surface area contributed by atoms with Crippen LogP contribution in [0.2, 0.25) is 0 Å². The van der Waals surface area contributed by atoms with Gasteiger partial charge in [0.05, 0.1) is 0 Å². The van der Waals surface area contributed by atoms with Gasteiger partial charge in [-0.1, -0.05) is 71.7 Å². The number of rotatable bonds is 4. The van der Waals surface area contributed by atoms with Gasteiger partial charge in [-0.15, -0.1) is 0 Å². The van der Waals surface area contributed by atoms with Gasteiger partial charge in [0.25, 0.3) is 0 Å². The Morgan fingerprint density at radius 3 is 2.15 bits per heavy atom. The van der Waals surface area contributed by atoms with E-state index in [0.29, 0.717) is 0 Å². The highest BCUT2D eigenvalue weighted by Crippen LogP contribution is 2.55. The summed E-state index contributed by atoms with van der Waals surface area (Å²) in [4.78, 5) is 0. The third-order valence-corrected chi connectivity index (χ3v) is 4.53. The highest BCUT2D eigenvalue weighted by molar-refractivity contribution is 5.80. The lowest BCUT2D eigenvalue weighted by Crippen LogP contribution is -2.40. The molecule has 1 atom stereocenters. The maximum Gasteiger partial charge on any atom is 0.117 e. The summed E-state index contributed by atoms with van der Waals surface area (Å²) in [7, 11) is 0. The molecule has 0 saturated carbocycles. The van der Waals surface area contributed by atoms with Gasteiger partial charge in [0.1, 0.15) is 5.60 Å². The fraction of sp³-hybridized carbons (Fsp3) is 0.579. The Kier molecular flexibility index (Phi) is 4.11. The van der Waals surface area contributed by atoms with E-state index < -0.39 is 5.60 Å². The molecular weight excluding hydrogens is 244 g/mol. The molecule has 1 nitrogen and oxygen atoms in total. The van der Waals surface area contributed by atoms with Crippen LogP contribution in [0, 0.1) is 5.41 Å². The maximum atomic E-state index is 11.6. The minimum absolute atomic E-state index is 0.191. The molecule has 0 heterocycles. The average molecular weight is 272 g/mol. The van der Waals surface area contributed by atoms with Crippen LogP contribution in [0.15, 0.2) is 29.8 Å². The first-order valence-corrected chi connectivity index (χ1v) is 7.92. The molecule has 1 aromatic carbocycles. The number of allylic oxidation sites excluding steroid dienone is 1. The van der Waals surface area contributed by atoms with Crippen LogP contribution in [0.25, 0.3) is 5.57 Å². The van der Waals surface area contributed by atoms with Crippen molar-refractivity contribution in [3.8, 4) is 0 Å². The van der Waals surface area contributed by atoms with Crippen LogP contribution in [0.5, 0.6) is 0 Å². The molecule has 1 aliphatic carbocycles. The van der Waals surface area contributed by atoms with Gasteiger partial charge in [-0.05, 0) is 40.5 Å². The van der Waals surface area contributed by atoms with Gasteiger partial charge in [-0.3, -0.25) is 0 Å². The molecule has 0 aromatic heterocycles. The van der Waals surface area contributed by atoms with E-state index in [4.69, 9.17) is 0 Å². The van der Waals surface area contributed by atoms with Crippen molar-refractivity contribution < 1.29 is 5.11 Å². The van der Waals surface area contributed by atoms with Crippen LogP contribution >= 0.6 is 0 Å². The molecule has 0 aliphatic heterocycles. The van der Waals surface area contributed by atoms with E-state index in [-0.39, 0.29) is 5.41 Å². The zero-order chi connectivity index (χ0) is 15.0. The van der Waals surface area contributed by atoms with Gasteiger partial charge in [-0.2, -0.15) is 0 Å². The molecule has 0 radical (unpaired) electrons. The summed E-state index contributed by atoms with van der Waals surface area (Å²) in [5.74, 6) is 0. The Morgan fingerprint density at radius 2 is 1.60 bits per heavy atom. The van der Waals surface area contributed by atoms with Crippen LogP contribution < -0.4 is 0 Å². The first-order chi connectivity index (χ1) is 9.37. The number of hydrogen-bond donors (Lipinski definition) is 1. The van der Waals surface area contributed by atoms with Crippen molar-refractivity contribution in [2.24, 2.45) is 5.41 Å². The Balaban J connectivity index is 2.71. The maximum absolute atomic E-state index is 11.6. The molecule has 110 valence electrons. The normalized spacial score (nSPS) is 22.3. The highest BCUT2D eigenvalue weighted by atomic mass is 16.3. The quantitative estimate of drug-likeness (QED) is 0.789. The van der Waals surface area contributed by atoms with E-state index in [1.165, 1.54) is 16.7 Å². The van der Waals surface area contributed by atoms with Gasteiger partial charge in [-0.25, -0.2) is 0 Å². The molecule has 2 rings (SSSR count). The van der Waals surface area contributed by atoms with E-state index in [2.05, 4.69) is 52.8 Å². The monoisotopic (exact) mass is 272 g/mol. The first-order valence-electron chi connectivity index (χ1n) is 7.92. The second kappa shape index (κ2) is 5.37. The summed E-state index contributed by atoms with van der Waals surface area (Å²) in [5, 5.41) is 11.6. The molecule has 1 aromatic rings. The van der Waals surface area contributed by atoms with Crippen LogP contribution in [0.3, 0.4) is 0 Å². The summed E-state index contributed by atoms with van der Waals surface area (Å²) >= 11 is 0. The average Bonchev–Trinajstić information content (AvgIpc) is 2.63. The molecule has 0 amide bonds. The molecule has 20 heavy (non-hydrogen) atoms. The van der Waals surface area contributed by atoms with Crippen LogP contribution in [0.4, 0.5) is 0 Å². The van der Waals surface area contributed by atoms with E-state index in [1.807, 2.05) is 6.07 Å². The van der Waals surface area contributed by atoms with Gasteiger partial charge in [0, 0.05) is 0 Å². The summed E-state index contributed by atoms with van der Waals surface area (Å²) in [6.07, 6.45) is 4.24. The smallest absolute Gasteiger partial charge is 0.117 e. The predicted octanol–water partition coefficient (Wildman–Crippen LogP) is 5.29. The third kappa shape index (κ3) is 2.13. The highest BCUT2D eigenvalue weighted by Gasteiger charge is 2.50. The Hall–Kier alpha value is -1.08. The standard InChI is InChI=1S/C19H28O/c1-6-10-14-15-12-8-9-13-17(15)19(20,18(3,4)5)16(14)11-7-2/h8-9,12-13,20H,6-7,10-11H2,1-5H3. The number of fused-ring (bicyclic) bond motifs is 1.